The number of anilines is 1. The van der Waals surface area contributed by atoms with Gasteiger partial charge in [-0.25, -0.2) is 0 Å². The van der Waals surface area contributed by atoms with Crippen molar-refractivity contribution in [1.29, 1.82) is 0 Å². The summed E-state index contributed by atoms with van der Waals surface area (Å²) in [4.78, 5) is 4.36. The number of rotatable bonds is 1. The molecule has 4 bridgehead atoms. The molecule has 0 saturated carbocycles. The van der Waals surface area contributed by atoms with Gasteiger partial charge in [-0.3, -0.25) is 4.98 Å². The van der Waals surface area contributed by atoms with E-state index in [0.29, 0.717) is 33.0 Å². The van der Waals surface area contributed by atoms with Crippen LogP contribution in [0.4, 0.5) is 5.69 Å². The van der Waals surface area contributed by atoms with Crippen molar-refractivity contribution in [2.75, 3.05) is 45.4 Å². The van der Waals surface area contributed by atoms with Crippen molar-refractivity contribution in [3.8, 4) is 5.75 Å². The molecule has 5 nitrogen and oxygen atoms in total. The Bertz CT molecular complexity index is 731. The predicted molar refractivity (Wildman–Crippen MR) is 99.2 cm³/mol. The van der Waals surface area contributed by atoms with Crippen LogP contribution >= 0.6 is 0 Å². The maximum atomic E-state index is 5.80. The summed E-state index contributed by atoms with van der Waals surface area (Å²) in [5.74, 6) is 0.797. The molecule has 1 aliphatic heterocycles. The molecule has 0 aliphatic carbocycles. The van der Waals surface area contributed by atoms with Crippen LogP contribution in [-0.4, -0.2) is 45.1 Å². The van der Waals surface area contributed by atoms with E-state index in [0.717, 1.165) is 40.1 Å². The van der Waals surface area contributed by atoms with E-state index in [2.05, 4.69) is 22.9 Å². The third-order valence-corrected chi connectivity index (χ3v) is 4.13. The van der Waals surface area contributed by atoms with Crippen LogP contribution in [0.2, 0.25) is 0 Å². The van der Waals surface area contributed by atoms with Gasteiger partial charge in [-0.15, -0.1) is 0 Å². The molecular formula is C20H24N2O3. The molecule has 0 amide bonds. The van der Waals surface area contributed by atoms with Crippen molar-refractivity contribution < 1.29 is 14.2 Å². The molecule has 1 N–H and O–H groups in total. The number of hydrogen-bond donors (Lipinski definition) is 1. The second kappa shape index (κ2) is 8.65. The van der Waals surface area contributed by atoms with Gasteiger partial charge in [0.1, 0.15) is 12.4 Å². The lowest BCUT2D eigenvalue weighted by Gasteiger charge is -2.16. The lowest BCUT2D eigenvalue weighted by Crippen LogP contribution is -2.12. The maximum Gasteiger partial charge on any atom is 0.120 e. The molecule has 1 aromatic carbocycles. The standard InChI is InChI=1S/C20H24N2O3/c1-15-17-11-16(13-22-14-17)5-6-23-7-8-24-9-10-25-18-3-4-20(21-2)19(15)12-18/h3-4,11-14,21H,1,5-10H2,2H3. The van der Waals surface area contributed by atoms with Gasteiger partial charge in [-0.1, -0.05) is 6.58 Å². The lowest BCUT2D eigenvalue weighted by atomic mass is 9.97. The number of fused-ring (bicyclic) bond motifs is 4. The predicted octanol–water partition coefficient (Wildman–Crippen LogP) is 3.15. The van der Waals surface area contributed by atoms with Crippen molar-refractivity contribution in [3.63, 3.8) is 0 Å². The fourth-order valence-electron chi connectivity index (χ4n) is 2.76. The Balaban J connectivity index is 1.93. The van der Waals surface area contributed by atoms with Gasteiger partial charge in [0, 0.05) is 36.3 Å². The van der Waals surface area contributed by atoms with Crippen molar-refractivity contribution in [2.45, 2.75) is 6.42 Å². The summed E-state index contributed by atoms with van der Waals surface area (Å²) in [6.07, 6.45) is 4.53. The zero-order valence-electron chi connectivity index (χ0n) is 14.6. The molecule has 0 spiro atoms. The van der Waals surface area contributed by atoms with Gasteiger partial charge in [0.15, 0.2) is 0 Å². The highest BCUT2D eigenvalue weighted by molar-refractivity contribution is 5.85. The Morgan fingerprint density at radius 1 is 1.00 bits per heavy atom. The molecule has 2 aromatic rings. The molecule has 0 radical (unpaired) electrons. The summed E-state index contributed by atoms with van der Waals surface area (Å²) in [5.41, 5.74) is 5.05. The number of benzene rings is 1. The topological polar surface area (TPSA) is 52.6 Å². The summed E-state index contributed by atoms with van der Waals surface area (Å²) < 4.78 is 16.9. The third-order valence-electron chi connectivity index (χ3n) is 4.13. The van der Waals surface area contributed by atoms with E-state index in [-0.39, 0.29) is 0 Å². The van der Waals surface area contributed by atoms with E-state index in [1.54, 1.807) is 0 Å². The first kappa shape index (κ1) is 17.5. The second-order valence-electron chi connectivity index (χ2n) is 5.84. The molecule has 0 unspecified atom stereocenters. The summed E-state index contributed by atoms with van der Waals surface area (Å²) in [6.45, 7) is 7.13. The Labute approximate surface area is 148 Å². The molecule has 5 heteroatoms. The van der Waals surface area contributed by atoms with Gasteiger partial charge in [0.05, 0.1) is 26.4 Å². The van der Waals surface area contributed by atoms with Crippen LogP contribution in [0.3, 0.4) is 0 Å². The van der Waals surface area contributed by atoms with E-state index in [1.165, 1.54) is 0 Å². The van der Waals surface area contributed by atoms with Crippen LogP contribution in [0.25, 0.3) is 5.57 Å². The van der Waals surface area contributed by atoms with E-state index < -0.39 is 0 Å². The largest absolute Gasteiger partial charge is 0.491 e. The van der Waals surface area contributed by atoms with Crippen molar-refractivity contribution >= 4 is 11.3 Å². The first-order valence-electron chi connectivity index (χ1n) is 8.51. The monoisotopic (exact) mass is 340 g/mol. The van der Waals surface area contributed by atoms with Gasteiger partial charge < -0.3 is 19.5 Å². The van der Waals surface area contributed by atoms with Crippen LogP contribution in [0.15, 0.2) is 43.2 Å². The number of nitrogens with one attached hydrogen (secondary N) is 1. The highest BCUT2D eigenvalue weighted by atomic mass is 16.5. The molecule has 2 heterocycles. The minimum Gasteiger partial charge on any atom is -0.491 e. The number of nitrogens with zero attached hydrogens (tertiary/aromatic N) is 1. The van der Waals surface area contributed by atoms with E-state index in [1.807, 2.05) is 37.6 Å². The number of hydrogen-bond acceptors (Lipinski definition) is 5. The quantitative estimate of drug-likeness (QED) is 0.864. The average Bonchev–Trinajstić information content (AvgIpc) is 2.65. The molecule has 25 heavy (non-hydrogen) atoms. The third kappa shape index (κ3) is 4.59. The van der Waals surface area contributed by atoms with E-state index in [9.17, 15) is 0 Å². The minimum atomic E-state index is 0.502. The summed E-state index contributed by atoms with van der Waals surface area (Å²) in [5, 5.41) is 3.22. The van der Waals surface area contributed by atoms with Crippen LogP contribution in [0.1, 0.15) is 16.7 Å². The Kier molecular flexibility index (Phi) is 6.04. The summed E-state index contributed by atoms with van der Waals surface area (Å²) in [7, 11) is 1.90. The Morgan fingerprint density at radius 3 is 2.64 bits per heavy atom. The van der Waals surface area contributed by atoms with Gasteiger partial charge in [0.25, 0.3) is 0 Å². The second-order valence-corrected chi connectivity index (χ2v) is 5.84. The van der Waals surface area contributed by atoms with E-state index in [4.69, 9.17) is 14.2 Å². The summed E-state index contributed by atoms with van der Waals surface area (Å²) >= 11 is 0. The molecule has 0 atom stereocenters. The Morgan fingerprint density at radius 2 is 1.80 bits per heavy atom. The molecule has 1 aliphatic rings. The summed E-state index contributed by atoms with van der Waals surface area (Å²) in [6, 6.07) is 8.08. The SMILES string of the molecule is C=C1c2cncc(c2)CCOCCOCCOc2ccc(NC)c1c2. The number of pyridine rings is 1. The smallest absolute Gasteiger partial charge is 0.120 e. The molecule has 0 fully saturated rings. The highest BCUT2D eigenvalue weighted by Crippen LogP contribution is 2.31. The highest BCUT2D eigenvalue weighted by Gasteiger charge is 2.11. The van der Waals surface area contributed by atoms with Gasteiger partial charge in [-0.2, -0.15) is 0 Å². The Hall–Kier alpha value is -2.37. The minimum absolute atomic E-state index is 0.502. The molecule has 132 valence electrons. The van der Waals surface area contributed by atoms with Crippen LogP contribution in [-0.2, 0) is 15.9 Å². The van der Waals surface area contributed by atoms with Crippen molar-refractivity contribution in [1.82, 2.24) is 4.98 Å². The molecule has 1 aromatic heterocycles. The average molecular weight is 340 g/mol. The molecular weight excluding hydrogens is 316 g/mol. The van der Waals surface area contributed by atoms with Crippen LogP contribution in [0.5, 0.6) is 5.75 Å². The van der Waals surface area contributed by atoms with Crippen LogP contribution < -0.4 is 10.1 Å². The number of aromatic nitrogens is 1. The number of ether oxygens (including phenoxy) is 3. The van der Waals surface area contributed by atoms with Crippen molar-refractivity contribution in [2.24, 2.45) is 0 Å². The van der Waals surface area contributed by atoms with Crippen molar-refractivity contribution in [3.05, 3.63) is 59.9 Å². The molecule has 3 rings (SSSR count). The first-order valence-corrected chi connectivity index (χ1v) is 8.51. The fourth-order valence-corrected chi connectivity index (χ4v) is 2.76. The van der Waals surface area contributed by atoms with Crippen LogP contribution in [0, 0.1) is 0 Å². The van der Waals surface area contributed by atoms with Gasteiger partial charge in [0.2, 0.25) is 0 Å². The van der Waals surface area contributed by atoms with E-state index >= 15 is 0 Å². The fraction of sp³-hybridized carbons (Fsp3) is 0.350. The zero-order chi connectivity index (χ0) is 17.5. The van der Waals surface area contributed by atoms with Gasteiger partial charge in [-0.05, 0) is 41.8 Å². The normalized spacial score (nSPS) is 16.1. The molecule has 0 saturated heterocycles. The maximum absolute atomic E-state index is 5.80. The van der Waals surface area contributed by atoms with Gasteiger partial charge >= 0.3 is 0 Å². The first-order chi connectivity index (χ1) is 12.3. The zero-order valence-corrected chi connectivity index (χ0v) is 14.6. The lowest BCUT2D eigenvalue weighted by molar-refractivity contribution is 0.0373.